The highest BCUT2D eigenvalue weighted by Gasteiger charge is 2.17. The van der Waals surface area contributed by atoms with Crippen molar-refractivity contribution in [2.24, 2.45) is 0 Å². The van der Waals surface area contributed by atoms with Crippen LogP contribution >= 0.6 is 0 Å². The predicted molar refractivity (Wildman–Crippen MR) is 101 cm³/mol. The quantitative estimate of drug-likeness (QED) is 0.723. The van der Waals surface area contributed by atoms with E-state index in [1.807, 2.05) is 24.3 Å². The summed E-state index contributed by atoms with van der Waals surface area (Å²) in [6.45, 7) is 7.10. The molecule has 0 unspecified atom stereocenters. The van der Waals surface area contributed by atoms with Gasteiger partial charge in [0.2, 0.25) is 5.91 Å². The molecule has 144 valence electrons. The van der Waals surface area contributed by atoms with Gasteiger partial charge in [0.05, 0.1) is 11.4 Å². The van der Waals surface area contributed by atoms with Gasteiger partial charge in [-0.05, 0) is 45.7 Å². The first-order valence-corrected chi connectivity index (χ1v) is 9.03. The molecule has 1 aliphatic heterocycles. The number of amides is 2. The summed E-state index contributed by atoms with van der Waals surface area (Å²) < 4.78 is 10.5. The van der Waals surface area contributed by atoms with Gasteiger partial charge < -0.3 is 25.4 Å². The molecule has 1 aromatic carbocycles. The summed E-state index contributed by atoms with van der Waals surface area (Å²) in [5.74, 6) is -0.165. The van der Waals surface area contributed by atoms with Gasteiger partial charge in [-0.25, -0.2) is 4.79 Å². The van der Waals surface area contributed by atoms with Crippen LogP contribution in [-0.2, 0) is 14.3 Å². The fourth-order valence-electron chi connectivity index (χ4n) is 2.58. The summed E-state index contributed by atoms with van der Waals surface area (Å²) in [6.07, 6.45) is 1.54. The van der Waals surface area contributed by atoms with Crippen molar-refractivity contribution in [2.45, 2.75) is 51.7 Å². The van der Waals surface area contributed by atoms with Crippen LogP contribution in [0.5, 0.6) is 0 Å². The van der Waals surface area contributed by atoms with E-state index in [1.165, 1.54) is 0 Å². The highest BCUT2D eigenvalue weighted by atomic mass is 16.6. The smallest absolute Gasteiger partial charge is 0.407 e. The van der Waals surface area contributed by atoms with Crippen molar-refractivity contribution >= 4 is 23.4 Å². The lowest BCUT2D eigenvalue weighted by Crippen LogP contribution is -2.34. The summed E-state index contributed by atoms with van der Waals surface area (Å²) in [5.41, 5.74) is 1.08. The minimum atomic E-state index is -0.554. The summed E-state index contributed by atoms with van der Waals surface area (Å²) >= 11 is 0. The average Bonchev–Trinajstić information content (AvgIpc) is 2.56. The van der Waals surface area contributed by atoms with Crippen LogP contribution in [0.3, 0.4) is 0 Å². The molecule has 2 rings (SSSR count). The SMILES string of the molecule is CC(C)(C)OC(=O)NCCC(=O)Nc1ccccc1NC1CCOCC1. The first kappa shape index (κ1) is 20.0. The van der Waals surface area contributed by atoms with Crippen molar-refractivity contribution in [3.05, 3.63) is 24.3 Å². The molecule has 2 amide bonds. The second-order valence-corrected chi connectivity index (χ2v) is 7.30. The fourth-order valence-corrected chi connectivity index (χ4v) is 2.58. The maximum atomic E-state index is 12.2. The molecule has 0 aromatic heterocycles. The van der Waals surface area contributed by atoms with Crippen LogP contribution in [0.1, 0.15) is 40.0 Å². The fraction of sp³-hybridized carbons (Fsp3) is 0.579. The Morgan fingerprint density at radius 2 is 1.81 bits per heavy atom. The van der Waals surface area contributed by atoms with Crippen LogP contribution in [0.4, 0.5) is 16.2 Å². The van der Waals surface area contributed by atoms with Gasteiger partial charge in [0.15, 0.2) is 0 Å². The second kappa shape index (κ2) is 9.43. The number of nitrogens with one attached hydrogen (secondary N) is 3. The van der Waals surface area contributed by atoms with Crippen molar-refractivity contribution in [1.82, 2.24) is 5.32 Å². The van der Waals surface area contributed by atoms with Crippen molar-refractivity contribution in [1.29, 1.82) is 0 Å². The molecule has 0 aliphatic carbocycles. The number of carbonyl (C=O) groups is 2. The van der Waals surface area contributed by atoms with Crippen LogP contribution in [0.25, 0.3) is 0 Å². The molecule has 7 nitrogen and oxygen atoms in total. The number of alkyl carbamates (subject to hydrolysis) is 1. The van der Waals surface area contributed by atoms with Gasteiger partial charge in [-0.1, -0.05) is 12.1 Å². The van der Waals surface area contributed by atoms with E-state index >= 15 is 0 Å². The number of rotatable bonds is 6. The lowest BCUT2D eigenvalue weighted by Gasteiger charge is -2.25. The van der Waals surface area contributed by atoms with Gasteiger partial charge in [-0.2, -0.15) is 0 Å². The Labute approximate surface area is 154 Å². The van der Waals surface area contributed by atoms with Gasteiger partial charge >= 0.3 is 6.09 Å². The third-order valence-electron chi connectivity index (χ3n) is 3.80. The summed E-state index contributed by atoms with van der Waals surface area (Å²) in [7, 11) is 0. The summed E-state index contributed by atoms with van der Waals surface area (Å²) in [4.78, 5) is 23.8. The topological polar surface area (TPSA) is 88.7 Å². The van der Waals surface area contributed by atoms with Gasteiger partial charge in [-0.3, -0.25) is 4.79 Å². The molecular weight excluding hydrogens is 334 g/mol. The molecule has 1 aromatic rings. The van der Waals surface area contributed by atoms with E-state index in [0.29, 0.717) is 6.04 Å². The van der Waals surface area contributed by atoms with Gasteiger partial charge in [-0.15, -0.1) is 0 Å². The van der Waals surface area contributed by atoms with Crippen molar-refractivity contribution < 1.29 is 19.1 Å². The van der Waals surface area contributed by atoms with Crippen molar-refractivity contribution in [2.75, 3.05) is 30.4 Å². The lowest BCUT2D eigenvalue weighted by molar-refractivity contribution is -0.116. The second-order valence-electron chi connectivity index (χ2n) is 7.30. The molecular formula is C19H29N3O4. The third-order valence-corrected chi connectivity index (χ3v) is 3.80. The Kier molecular flexibility index (Phi) is 7.26. The largest absolute Gasteiger partial charge is 0.444 e. The zero-order valence-electron chi connectivity index (χ0n) is 15.8. The normalized spacial score (nSPS) is 15.2. The number of carbonyl (C=O) groups excluding carboxylic acids is 2. The zero-order valence-corrected chi connectivity index (χ0v) is 15.8. The van der Waals surface area contributed by atoms with E-state index < -0.39 is 11.7 Å². The predicted octanol–water partition coefficient (Wildman–Crippen LogP) is 3.13. The number of ether oxygens (including phenoxy) is 2. The number of hydrogen-bond acceptors (Lipinski definition) is 5. The molecule has 0 radical (unpaired) electrons. The number of benzene rings is 1. The maximum absolute atomic E-state index is 12.2. The third kappa shape index (κ3) is 7.31. The molecule has 1 heterocycles. The number of anilines is 2. The molecule has 3 N–H and O–H groups in total. The number of para-hydroxylation sites is 2. The molecule has 1 fully saturated rings. The first-order chi connectivity index (χ1) is 12.3. The first-order valence-electron chi connectivity index (χ1n) is 9.03. The molecule has 0 spiro atoms. The van der Waals surface area contributed by atoms with Crippen LogP contribution < -0.4 is 16.0 Å². The molecule has 7 heteroatoms. The van der Waals surface area contributed by atoms with Crippen LogP contribution in [0, 0.1) is 0 Å². The van der Waals surface area contributed by atoms with Crippen LogP contribution in [-0.4, -0.2) is 43.4 Å². The van der Waals surface area contributed by atoms with E-state index in [2.05, 4.69) is 16.0 Å². The van der Waals surface area contributed by atoms with E-state index in [9.17, 15) is 9.59 Å². The Morgan fingerprint density at radius 3 is 2.46 bits per heavy atom. The average molecular weight is 363 g/mol. The molecule has 26 heavy (non-hydrogen) atoms. The van der Waals surface area contributed by atoms with Crippen molar-refractivity contribution in [3.8, 4) is 0 Å². The Bertz CT molecular complexity index is 607. The monoisotopic (exact) mass is 363 g/mol. The van der Waals surface area contributed by atoms with Gasteiger partial charge in [0.1, 0.15) is 5.60 Å². The molecule has 0 bridgehead atoms. The van der Waals surface area contributed by atoms with E-state index in [4.69, 9.17) is 9.47 Å². The standard InChI is InChI=1S/C19H29N3O4/c1-19(2,3)26-18(24)20-11-8-17(23)22-16-7-5-4-6-15(16)21-14-9-12-25-13-10-14/h4-7,14,21H,8-13H2,1-3H3,(H,20,24)(H,22,23). The minimum Gasteiger partial charge on any atom is -0.444 e. The van der Waals surface area contributed by atoms with Gasteiger partial charge in [0, 0.05) is 32.2 Å². The van der Waals surface area contributed by atoms with E-state index in [0.717, 1.165) is 37.4 Å². The van der Waals surface area contributed by atoms with E-state index in [1.54, 1.807) is 20.8 Å². The van der Waals surface area contributed by atoms with Gasteiger partial charge in [0.25, 0.3) is 0 Å². The number of hydrogen-bond donors (Lipinski definition) is 3. The lowest BCUT2D eigenvalue weighted by atomic mass is 10.1. The summed E-state index contributed by atoms with van der Waals surface area (Å²) in [6, 6.07) is 7.96. The molecule has 0 saturated carbocycles. The van der Waals surface area contributed by atoms with E-state index in [-0.39, 0.29) is 18.9 Å². The zero-order chi connectivity index (χ0) is 19.0. The Morgan fingerprint density at radius 1 is 1.15 bits per heavy atom. The molecule has 1 aliphatic rings. The molecule has 1 saturated heterocycles. The minimum absolute atomic E-state index is 0.165. The molecule has 0 atom stereocenters. The van der Waals surface area contributed by atoms with Crippen LogP contribution in [0.15, 0.2) is 24.3 Å². The maximum Gasteiger partial charge on any atom is 0.407 e. The Hall–Kier alpha value is -2.28. The van der Waals surface area contributed by atoms with Crippen molar-refractivity contribution in [3.63, 3.8) is 0 Å². The summed E-state index contributed by atoms with van der Waals surface area (Å²) in [5, 5.41) is 8.95. The highest BCUT2D eigenvalue weighted by molar-refractivity contribution is 5.94. The van der Waals surface area contributed by atoms with Crippen LogP contribution in [0.2, 0.25) is 0 Å². The highest BCUT2D eigenvalue weighted by Crippen LogP contribution is 2.24. The Balaban J connectivity index is 1.80.